The number of carbonyl (C=O) groups excluding carboxylic acids is 1. The van der Waals surface area contributed by atoms with Crippen LogP contribution in [0.3, 0.4) is 0 Å². The van der Waals surface area contributed by atoms with E-state index in [9.17, 15) is 4.79 Å². The van der Waals surface area contributed by atoms with Crippen LogP contribution in [0.2, 0.25) is 0 Å². The van der Waals surface area contributed by atoms with Gasteiger partial charge in [-0.05, 0) is 68.1 Å². The van der Waals surface area contributed by atoms with E-state index >= 15 is 0 Å². The predicted octanol–water partition coefficient (Wildman–Crippen LogP) is 3.38. The number of nitrogens with zero attached hydrogens (tertiary/aromatic N) is 2. The molecular formula is C18H24N2O. The summed E-state index contributed by atoms with van der Waals surface area (Å²) in [4.78, 5) is 17.9. The van der Waals surface area contributed by atoms with Gasteiger partial charge in [0.25, 0.3) is 0 Å². The van der Waals surface area contributed by atoms with Crippen LogP contribution in [0, 0.1) is 5.92 Å². The van der Waals surface area contributed by atoms with Crippen LogP contribution in [0.1, 0.15) is 42.0 Å². The SMILES string of the molecule is C=Cc1cc(C(CC=O)C2CCN(C)CC2)cnc1C=C. The highest BCUT2D eigenvalue weighted by Gasteiger charge is 2.26. The quantitative estimate of drug-likeness (QED) is 0.751. The van der Waals surface area contributed by atoms with Crippen molar-refractivity contribution in [3.8, 4) is 0 Å². The van der Waals surface area contributed by atoms with Gasteiger partial charge in [-0.3, -0.25) is 4.98 Å². The zero-order valence-corrected chi connectivity index (χ0v) is 12.8. The van der Waals surface area contributed by atoms with Crippen LogP contribution in [-0.4, -0.2) is 36.3 Å². The van der Waals surface area contributed by atoms with E-state index in [1.165, 1.54) is 0 Å². The molecule has 2 rings (SSSR count). The lowest BCUT2D eigenvalue weighted by Crippen LogP contribution is -2.33. The monoisotopic (exact) mass is 284 g/mol. The number of likely N-dealkylation sites (tertiary alicyclic amines) is 1. The molecule has 0 amide bonds. The summed E-state index contributed by atoms with van der Waals surface area (Å²) in [6.45, 7) is 9.83. The molecule has 112 valence electrons. The van der Waals surface area contributed by atoms with Gasteiger partial charge in [0.2, 0.25) is 0 Å². The zero-order chi connectivity index (χ0) is 15.2. The van der Waals surface area contributed by atoms with Crippen molar-refractivity contribution in [1.29, 1.82) is 0 Å². The van der Waals surface area contributed by atoms with Crippen molar-refractivity contribution < 1.29 is 4.79 Å². The summed E-state index contributed by atoms with van der Waals surface area (Å²) in [7, 11) is 2.15. The van der Waals surface area contributed by atoms with E-state index in [0.717, 1.165) is 49.0 Å². The molecule has 1 aromatic heterocycles. The molecule has 0 bridgehead atoms. The summed E-state index contributed by atoms with van der Waals surface area (Å²) in [6, 6.07) is 2.11. The van der Waals surface area contributed by atoms with Gasteiger partial charge in [-0.2, -0.15) is 0 Å². The Bertz CT molecular complexity index is 516. The molecule has 0 spiro atoms. The Morgan fingerprint density at radius 2 is 2.10 bits per heavy atom. The van der Waals surface area contributed by atoms with E-state index in [1.54, 1.807) is 12.2 Å². The largest absolute Gasteiger partial charge is 0.306 e. The molecule has 0 radical (unpaired) electrons. The molecule has 0 saturated carbocycles. The van der Waals surface area contributed by atoms with Crippen molar-refractivity contribution in [1.82, 2.24) is 9.88 Å². The van der Waals surface area contributed by atoms with Crippen molar-refractivity contribution in [3.05, 3.63) is 42.2 Å². The van der Waals surface area contributed by atoms with Crippen LogP contribution in [0.15, 0.2) is 25.4 Å². The minimum Gasteiger partial charge on any atom is -0.306 e. The summed E-state index contributed by atoms with van der Waals surface area (Å²) in [5.74, 6) is 0.821. The van der Waals surface area contributed by atoms with Crippen LogP contribution in [0.5, 0.6) is 0 Å². The van der Waals surface area contributed by atoms with Crippen LogP contribution in [0.25, 0.3) is 12.2 Å². The lowest BCUT2D eigenvalue weighted by atomic mass is 9.78. The molecule has 1 fully saturated rings. The fourth-order valence-corrected chi connectivity index (χ4v) is 3.18. The lowest BCUT2D eigenvalue weighted by molar-refractivity contribution is -0.108. The first-order chi connectivity index (χ1) is 10.2. The number of aromatic nitrogens is 1. The first kappa shape index (κ1) is 15.6. The summed E-state index contributed by atoms with van der Waals surface area (Å²) >= 11 is 0. The highest BCUT2D eigenvalue weighted by molar-refractivity contribution is 5.61. The standard InChI is InChI=1S/C18H24N2O/c1-4-14-12-16(13-19-18(14)5-2)17(8-11-21)15-6-9-20(3)10-7-15/h4-5,11-13,15,17H,1-2,6-10H2,3H3. The Labute approximate surface area is 127 Å². The Kier molecular flexibility index (Phi) is 5.45. The molecule has 1 unspecified atom stereocenters. The first-order valence-electron chi connectivity index (χ1n) is 7.56. The Hall–Kier alpha value is -1.74. The van der Waals surface area contributed by atoms with Crippen LogP contribution < -0.4 is 0 Å². The molecule has 0 aromatic carbocycles. The van der Waals surface area contributed by atoms with Crippen molar-refractivity contribution in [3.63, 3.8) is 0 Å². The number of rotatable bonds is 6. The first-order valence-corrected chi connectivity index (χ1v) is 7.56. The van der Waals surface area contributed by atoms with Gasteiger partial charge in [-0.1, -0.05) is 19.2 Å². The maximum absolute atomic E-state index is 11.1. The minimum absolute atomic E-state index is 0.265. The van der Waals surface area contributed by atoms with E-state index in [2.05, 4.69) is 36.2 Å². The Balaban J connectivity index is 2.27. The highest BCUT2D eigenvalue weighted by atomic mass is 16.1. The van der Waals surface area contributed by atoms with Crippen LogP contribution in [0.4, 0.5) is 0 Å². The van der Waals surface area contributed by atoms with E-state index < -0.39 is 0 Å². The van der Waals surface area contributed by atoms with Gasteiger partial charge in [0.1, 0.15) is 6.29 Å². The van der Waals surface area contributed by atoms with Crippen molar-refractivity contribution in [2.75, 3.05) is 20.1 Å². The van der Waals surface area contributed by atoms with E-state index in [0.29, 0.717) is 12.3 Å². The highest BCUT2D eigenvalue weighted by Crippen LogP contribution is 2.35. The van der Waals surface area contributed by atoms with Gasteiger partial charge in [0, 0.05) is 12.6 Å². The Morgan fingerprint density at radius 3 is 2.67 bits per heavy atom. The van der Waals surface area contributed by atoms with Crippen molar-refractivity contribution in [2.24, 2.45) is 5.92 Å². The van der Waals surface area contributed by atoms with Gasteiger partial charge >= 0.3 is 0 Å². The topological polar surface area (TPSA) is 33.2 Å². The number of carbonyl (C=O) groups is 1. The normalized spacial score (nSPS) is 18.1. The van der Waals surface area contributed by atoms with Crippen molar-refractivity contribution in [2.45, 2.75) is 25.2 Å². The second kappa shape index (κ2) is 7.32. The number of piperidine rings is 1. The van der Waals surface area contributed by atoms with E-state index in [4.69, 9.17) is 0 Å². The predicted molar refractivity (Wildman–Crippen MR) is 88.1 cm³/mol. The van der Waals surface area contributed by atoms with E-state index in [-0.39, 0.29) is 5.92 Å². The third-order valence-corrected chi connectivity index (χ3v) is 4.49. The van der Waals surface area contributed by atoms with Gasteiger partial charge in [-0.15, -0.1) is 0 Å². The maximum Gasteiger partial charge on any atom is 0.120 e. The number of pyridine rings is 1. The van der Waals surface area contributed by atoms with E-state index in [1.807, 2.05) is 6.20 Å². The number of hydrogen-bond donors (Lipinski definition) is 0. The molecule has 3 heteroatoms. The molecule has 0 N–H and O–H groups in total. The summed E-state index contributed by atoms with van der Waals surface area (Å²) in [5, 5.41) is 0. The third kappa shape index (κ3) is 3.67. The molecule has 1 saturated heterocycles. The molecule has 21 heavy (non-hydrogen) atoms. The van der Waals surface area contributed by atoms with Crippen molar-refractivity contribution >= 4 is 18.4 Å². The second-order valence-corrected chi connectivity index (χ2v) is 5.80. The fraction of sp³-hybridized carbons (Fsp3) is 0.444. The molecule has 1 aromatic rings. The molecule has 0 aliphatic carbocycles. The fourth-order valence-electron chi connectivity index (χ4n) is 3.18. The molecule has 1 aliphatic rings. The molecule has 1 aliphatic heterocycles. The summed E-state index contributed by atoms with van der Waals surface area (Å²) < 4.78 is 0. The summed E-state index contributed by atoms with van der Waals surface area (Å²) in [6.07, 6.45) is 9.34. The van der Waals surface area contributed by atoms with Gasteiger partial charge in [-0.25, -0.2) is 0 Å². The Morgan fingerprint density at radius 1 is 1.38 bits per heavy atom. The number of hydrogen-bond acceptors (Lipinski definition) is 3. The minimum atomic E-state index is 0.265. The third-order valence-electron chi connectivity index (χ3n) is 4.49. The average molecular weight is 284 g/mol. The van der Waals surface area contributed by atoms with Crippen LogP contribution >= 0.6 is 0 Å². The van der Waals surface area contributed by atoms with Crippen LogP contribution in [-0.2, 0) is 4.79 Å². The average Bonchev–Trinajstić information content (AvgIpc) is 2.53. The summed E-state index contributed by atoms with van der Waals surface area (Å²) in [5.41, 5.74) is 2.99. The lowest BCUT2D eigenvalue weighted by Gasteiger charge is -2.34. The molecule has 2 heterocycles. The van der Waals surface area contributed by atoms with Gasteiger partial charge in [0.05, 0.1) is 5.69 Å². The van der Waals surface area contributed by atoms with Gasteiger partial charge < -0.3 is 9.69 Å². The molecular weight excluding hydrogens is 260 g/mol. The van der Waals surface area contributed by atoms with Gasteiger partial charge in [0.15, 0.2) is 0 Å². The smallest absolute Gasteiger partial charge is 0.120 e. The second-order valence-electron chi connectivity index (χ2n) is 5.80. The molecule has 3 nitrogen and oxygen atoms in total. The maximum atomic E-state index is 11.1. The zero-order valence-electron chi connectivity index (χ0n) is 12.8. The molecule has 1 atom stereocenters. The number of aldehydes is 1.